The van der Waals surface area contributed by atoms with Gasteiger partial charge in [-0.15, -0.1) is 0 Å². The Morgan fingerprint density at radius 3 is 2.38 bits per heavy atom. The van der Waals surface area contributed by atoms with Gasteiger partial charge >= 0.3 is 5.97 Å². The van der Waals surface area contributed by atoms with E-state index in [1.807, 2.05) is 0 Å². The number of aliphatic carboxylic acids is 1. The van der Waals surface area contributed by atoms with Crippen LogP contribution in [0.2, 0.25) is 0 Å². The first-order chi connectivity index (χ1) is 11.5. The maximum absolute atomic E-state index is 10.6. The summed E-state index contributed by atoms with van der Waals surface area (Å²) < 4.78 is 0. The first-order valence-electron chi connectivity index (χ1n) is 9.15. The summed E-state index contributed by atoms with van der Waals surface area (Å²) in [5, 5.41) is 8.74. The zero-order valence-electron chi connectivity index (χ0n) is 15.3. The monoisotopic (exact) mass is 332 g/mol. The van der Waals surface area contributed by atoms with Gasteiger partial charge in [-0.1, -0.05) is 44.2 Å². The van der Waals surface area contributed by atoms with E-state index in [9.17, 15) is 4.79 Å². The van der Waals surface area contributed by atoms with Gasteiger partial charge in [-0.3, -0.25) is 9.69 Å². The van der Waals surface area contributed by atoms with Crippen LogP contribution in [0.5, 0.6) is 0 Å². The highest BCUT2D eigenvalue weighted by Gasteiger charge is 2.34. The van der Waals surface area contributed by atoms with Crippen molar-refractivity contribution >= 4 is 5.97 Å². The fraction of sp³-hybridized carbons (Fsp3) is 0.650. The van der Waals surface area contributed by atoms with Gasteiger partial charge in [0.2, 0.25) is 0 Å². The molecule has 0 aromatic heterocycles. The molecule has 24 heavy (non-hydrogen) atoms. The Morgan fingerprint density at radius 1 is 1.17 bits per heavy atom. The third-order valence-corrected chi connectivity index (χ3v) is 5.17. The summed E-state index contributed by atoms with van der Waals surface area (Å²) in [4.78, 5) is 15.6. The van der Waals surface area contributed by atoms with Crippen LogP contribution in [-0.2, 0) is 11.3 Å². The van der Waals surface area contributed by atoms with Crippen LogP contribution < -0.4 is 0 Å². The topological polar surface area (TPSA) is 43.8 Å². The van der Waals surface area contributed by atoms with Gasteiger partial charge in [0.25, 0.3) is 0 Å². The lowest BCUT2D eigenvalue weighted by atomic mass is 9.84. The van der Waals surface area contributed by atoms with Crippen LogP contribution >= 0.6 is 0 Å². The second-order valence-corrected chi connectivity index (χ2v) is 7.46. The Balaban J connectivity index is 1.82. The molecule has 0 amide bonds. The molecule has 1 aromatic rings. The molecule has 0 bridgehead atoms. The normalized spacial score (nSPS) is 25.1. The molecule has 0 spiro atoms. The third kappa shape index (κ3) is 5.60. The molecule has 2 unspecified atom stereocenters. The van der Waals surface area contributed by atoms with Crippen molar-refractivity contribution in [2.45, 2.75) is 45.7 Å². The molecule has 134 valence electrons. The third-order valence-electron chi connectivity index (χ3n) is 5.17. The molecule has 1 aliphatic heterocycles. The summed E-state index contributed by atoms with van der Waals surface area (Å²) in [7, 11) is 2.20. The van der Waals surface area contributed by atoms with E-state index >= 15 is 0 Å². The molecule has 0 saturated carbocycles. The van der Waals surface area contributed by atoms with Crippen LogP contribution in [0, 0.1) is 11.8 Å². The largest absolute Gasteiger partial charge is 0.481 e. The highest BCUT2D eigenvalue weighted by atomic mass is 16.4. The smallest absolute Gasteiger partial charge is 0.303 e. The van der Waals surface area contributed by atoms with Gasteiger partial charge in [0, 0.05) is 32.1 Å². The molecule has 1 saturated heterocycles. The lowest BCUT2D eigenvalue weighted by molar-refractivity contribution is -0.137. The molecular formula is C20H32N2O2. The number of carboxylic acid groups (broad SMARTS) is 1. The van der Waals surface area contributed by atoms with E-state index in [0.717, 1.165) is 39.0 Å². The number of likely N-dealkylation sites (tertiary alicyclic amines) is 1. The minimum Gasteiger partial charge on any atom is -0.481 e. The molecule has 4 heteroatoms. The zero-order chi connectivity index (χ0) is 17.5. The van der Waals surface area contributed by atoms with Crippen LogP contribution in [-0.4, -0.2) is 53.6 Å². The van der Waals surface area contributed by atoms with Gasteiger partial charge in [-0.25, -0.2) is 0 Å². The molecule has 1 fully saturated rings. The second-order valence-electron chi connectivity index (χ2n) is 7.46. The first kappa shape index (κ1) is 18.9. The van der Waals surface area contributed by atoms with E-state index < -0.39 is 5.97 Å². The summed E-state index contributed by atoms with van der Waals surface area (Å²) >= 11 is 0. The van der Waals surface area contributed by atoms with Crippen LogP contribution in [0.4, 0.5) is 0 Å². The zero-order valence-corrected chi connectivity index (χ0v) is 15.3. The minimum atomic E-state index is -0.686. The molecule has 2 rings (SSSR count). The van der Waals surface area contributed by atoms with E-state index in [4.69, 9.17) is 5.11 Å². The Hall–Kier alpha value is -1.39. The molecule has 1 aliphatic rings. The van der Waals surface area contributed by atoms with E-state index in [2.05, 4.69) is 61.0 Å². The Kier molecular flexibility index (Phi) is 7.25. The molecular weight excluding hydrogens is 300 g/mol. The fourth-order valence-corrected chi connectivity index (χ4v) is 4.29. The summed E-state index contributed by atoms with van der Waals surface area (Å²) in [5.74, 6) is 0.567. The van der Waals surface area contributed by atoms with Crippen molar-refractivity contribution in [1.82, 2.24) is 9.80 Å². The van der Waals surface area contributed by atoms with Gasteiger partial charge in [-0.2, -0.15) is 0 Å². The van der Waals surface area contributed by atoms with Crippen LogP contribution in [0.15, 0.2) is 30.3 Å². The van der Waals surface area contributed by atoms with Crippen molar-refractivity contribution in [1.29, 1.82) is 0 Å². The van der Waals surface area contributed by atoms with E-state index in [1.54, 1.807) is 0 Å². The number of carboxylic acids is 1. The predicted octanol–water partition coefficient (Wildman–Crippen LogP) is 3.33. The Bertz CT molecular complexity index is 494. The lowest BCUT2D eigenvalue weighted by Crippen LogP contribution is -2.53. The second kappa shape index (κ2) is 9.19. The first-order valence-corrected chi connectivity index (χ1v) is 9.15. The number of hydrogen-bond acceptors (Lipinski definition) is 3. The van der Waals surface area contributed by atoms with Gasteiger partial charge in [0.05, 0.1) is 0 Å². The number of unbranched alkanes of at least 4 members (excludes halogenated alkanes) is 1. The van der Waals surface area contributed by atoms with Crippen molar-refractivity contribution in [3.05, 3.63) is 35.9 Å². The maximum Gasteiger partial charge on any atom is 0.303 e. The molecule has 4 nitrogen and oxygen atoms in total. The molecule has 0 radical (unpaired) electrons. The number of piperidine rings is 1. The molecule has 1 aromatic carbocycles. The summed E-state index contributed by atoms with van der Waals surface area (Å²) in [6.07, 6.45) is 2.02. The number of hydrogen-bond donors (Lipinski definition) is 1. The Morgan fingerprint density at radius 2 is 1.79 bits per heavy atom. The van der Waals surface area contributed by atoms with Crippen molar-refractivity contribution in [3.63, 3.8) is 0 Å². The quantitative estimate of drug-likeness (QED) is 0.742. The highest BCUT2D eigenvalue weighted by molar-refractivity contribution is 5.66. The van der Waals surface area contributed by atoms with Gasteiger partial charge < -0.3 is 10.0 Å². The molecule has 2 atom stereocenters. The van der Waals surface area contributed by atoms with E-state index in [0.29, 0.717) is 17.9 Å². The van der Waals surface area contributed by atoms with Crippen LogP contribution in [0.1, 0.15) is 38.7 Å². The lowest BCUT2D eigenvalue weighted by Gasteiger charge is -2.45. The van der Waals surface area contributed by atoms with Crippen LogP contribution in [0.3, 0.4) is 0 Å². The van der Waals surface area contributed by atoms with Gasteiger partial charge in [0.15, 0.2) is 0 Å². The van der Waals surface area contributed by atoms with Crippen molar-refractivity contribution in [3.8, 4) is 0 Å². The molecule has 1 N–H and O–H groups in total. The number of carbonyl (C=O) groups is 1. The fourth-order valence-electron chi connectivity index (χ4n) is 4.29. The number of rotatable bonds is 8. The number of nitrogens with zero attached hydrogens (tertiary/aromatic N) is 2. The minimum absolute atomic E-state index is 0.286. The molecule has 1 heterocycles. The van der Waals surface area contributed by atoms with Crippen molar-refractivity contribution in [2.24, 2.45) is 11.8 Å². The predicted molar refractivity (Wildman–Crippen MR) is 98.0 cm³/mol. The molecule has 0 aliphatic carbocycles. The van der Waals surface area contributed by atoms with E-state index in [-0.39, 0.29) is 6.42 Å². The van der Waals surface area contributed by atoms with Crippen molar-refractivity contribution in [2.75, 3.05) is 26.7 Å². The van der Waals surface area contributed by atoms with E-state index in [1.165, 1.54) is 5.56 Å². The summed E-state index contributed by atoms with van der Waals surface area (Å²) in [6.45, 7) is 8.99. The average Bonchev–Trinajstić information content (AvgIpc) is 2.51. The maximum atomic E-state index is 10.6. The standard InChI is InChI=1S/C20H32N2O2/c1-16-13-22(15-18-9-5-4-6-10-18)14-17(2)20(16)21(3)12-8-7-11-19(23)24/h4-6,9-10,16-17,20H,7-8,11-15H2,1-3H3,(H,23,24). The summed E-state index contributed by atoms with van der Waals surface area (Å²) in [6, 6.07) is 11.3. The van der Waals surface area contributed by atoms with Gasteiger partial charge in [-0.05, 0) is 43.8 Å². The van der Waals surface area contributed by atoms with Gasteiger partial charge in [0.1, 0.15) is 0 Å². The summed E-state index contributed by atoms with van der Waals surface area (Å²) in [5.41, 5.74) is 1.39. The number of benzene rings is 1. The Labute approximate surface area is 146 Å². The average molecular weight is 332 g/mol. The van der Waals surface area contributed by atoms with Crippen molar-refractivity contribution < 1.29 is 9.90 Å². The SMILES string of the molecule is CC1CN(Cc2ccccc2)CC(C)C1N(C)CCCCC(=O)O. The van der Waals surface area contributed by atoms with Crippen LogP contribution in [0.25, 0.3) is 0 Å². The highest BCUT2D eigenvalue weighted by Crippen LogP contribution is 2.27.